The highest BCUT2D eigenvalue weighted by atomic mass is 32.2. The number of pyridine rings is 1. The summed E-state index contributed by atoms with van der Waals surface area (Å²) in [6.07, 6.45) is 2.85. The van der Waals surface area contributed by atoms with E-state index in [-0.39, 0.29) is 11.4 Å². The first-order valence-corrected chi connectivity index (χ1v) is 8.99. The molecule has 3 rings (SSSR count). The summed E-state index contributed by atoms with van der Waals surface area (Å²) < 4.78 is 27.6. The molecule has 1 saturated heterocycles. The number of piperidine rings is 1. The molecule has 122 valence electrons. The third kappa shape index (κ3) is 2.82. The van der Waals surface area contributed by atoms with Gasteiger partial charge in [-0.1, -0.05) is 18.2 Å². The maximum absolute atomic E-state index is 13.1. The number of sulfonamides is 1. The Kier molecular flexibility index (Phi) is 4.08. The second-order valence-electron chi connectivity index (χ2n) is 5.89. The van der Waals surface area contributed by atoms with E-state index in [4.69, 9.17) is 5.73 Å². The lowest BCUT2D eigenvalue weighted by molar-refractivity contribution is -0.122. The SMILES string of the molecule is Cc1ccc2cccnc2c1S(=O)(=O)N1CCCC(C(N)=O)C1. The fourth-order valence-electron chi connectivity index (χ4n) is 3.07. The zero-order valence-electron chi connectivity index (χ0n) is 12.9. The predicted molar refractivity (Wildman–Crippen MR) is 87.2 cm³/mol. The lowest BCUT2D eigenvalue weighted by atomic mass is 9.99. The van der Waals surface area contributed by atoms with E-state index in [1.165, 1.54) is 4.31 Å². The van der Waals surface area contributed by atoms with Crippen LogP contribution in [0.15, 0.2) is 35.4 Å². The third-order valence-electron chi connectivity index (χ3n) is 4.31. The molecule has 0 saturated carbocycles. The highest BCUT2D eigenvalue weighted by molar-refractivity contribution is 7.89. The average molecular weight is 333 g/mol. The number of nitrogens with zero attached hydrogens (tertiary/aromatic N) is 2. The van der Waals surface area contributed by atoms with Gasteiger partial charge >= 0.3 is 0 Å². The fraction of sp³-hybridized carbons (Fsp3) is 0.375. The third-order valence-corrected chi connectivity index (χ3v) is 6.35. The van der Waals surface area contributed by atoms with Crippen molar-refractivity contribution in [2.75, 3.05) is 13.1 Å². The number of aryl methyl sites for hydroxylation is 1. The quantitative estimate of drug-likeness (QED) is 0.919. The molecule has 1 aromatic heterocycles. The molecule has 2 aromatic rings. The van der Waals surface area contributed by atoms with Gasteiger partial charge < -0.3 is 5.73 Å². The van der Waals surface area contributed by atoms with Crippen LogP contribution in [-0.4, -0.2) is 36.7 Å². The van der Waals surface area contributed by atoms with E-state index in [9.17, 15) is 13.2 Å². The molecule has 6 nitrogen and oxygen atoms in total. The van der Waals surface area contributed by atoms with Crippen LogP contribution < -0.4 is 5.73 Å². The Labute approximate surface area is 135 Å². The summed E-state index contributed by atoms with van der Waals surface area (Å²) >= 11 is 0. The van der Waals surface area contributed by atoms with Crippen LogP contribution in [0.25, 0.3) is 10.9 Å². The lowest BCUT2D eigenvalue weighted by Gasteiger charge is -2.31. The minimum absolute atomic E-state index is 0.139. The molecule has 1 aliphatic heterocycles. The molecule has 1 fully saturated rings. The fourth-order valence-corrected chi connectivity index (χ4v) is 4.96. The number of hydrogen-bond acceptors (Lipinski definition) is 4. The molecule has 0 spiro atoms. The summed E-state index contributed by atoms with van der Waals surface area (Å²) in [7, 11) is -3.72. The van der Waals surface area contributed by atoms with Crippen LogP contribution in [0, 0.1) is 12.8 Å². The van der Waals surface area contributed by atoms with Crippen LogP contribution in [0.1, 0.15) is 18.4 Å². The van der Waals surface area contributed by atoms with Gasteiger partial charge in [-0.25, -0.2) is 8.42 Å². The maximum atomic E-state index is 13.1. The zero-order chi connectivity index (χ0) is 16.6. The number of fused-ring (bicyclic) bond motifs is 1. The van der Waals surface area contributed by atoms with Crippen LogP contribution in [0.5, 0.6) is 0 Å². The lowest BCUT2D eigenvalue weighted by Crippen LogP contribution is -2.44. The summed E-state index contributed by atoms with van der Waals surface area (Å²) in [6, 6.07) is 7.26. The van der Waals surface area contributed by atoms with Crippen molar-refractivity contribution in [2.45, 2.75) is 24.7 Å². The van der Waals surface area contributed by atoms with E-state index in [0.717, 1.165) is 5.39 Å². The second-order valence-corrected chi connectivity index (χ2v) is 7.77. The number of carbonyl (C=O) groups is 1. The molecular weight excluding hydrogens is 314 g/mol. The Hall–Kier alpha value is -1.99. The van der Waals surface area contributed by atoms with Crippen molar-refractivity contribution >= 4 is 26.8 Å². The Morgan fingerprint density at radius 2 is 2.13 bits per heavy atom. The smallest absolute Gasteiger partial charge is 0.245 e. The van der Waals surface area contributed by atoms with Crippen molar-refractivity contribution in [1.29, 1.82) is 0 Å². The minimum atomic E-state index is -3.72. The first-order chi connectivity index (χ1) is 10.9. The molecule has 1 atom stereocenters. The normalized spacial score (nSPS) is 19.8. The van der Waals surface area contributed by atoms with Gasteiger partial charge in [-0.2, -0.15) is 4.31 Å². The summed E-state index contributed by atoms with van der Waals surface area (Å²) in [4.78, 5) is 15.9. The monoisotopic (exact) mass is 333 g/mol. The van der Waals surface area contributed by atoms with E-state index in [1.54, 1.807) is 25.3 Å². The van der Waals surface area contributed by atoms with E-state index in [2.05, 4.69) is 4.98 Å². The van der Waals surface area contributed by atoms with E-state index in [1.807, 2.05) is 12.1 Å². The number of hydrogen-bond donors (Lipinski definition) is 1. The molecule has 0 radical (unpaired) electrons. The van der Waals surface area contributed by atoms with Crippen molar-refractivity contribution in [3.63, 3.8) is 0 Å². The number of primary amides is 1. The molecule has 1 unspecified atom stereocenters. The molecule has 7 heteroatoms. The van der Waals surface area contributed by atoms with Crippen LogP contribution in [0.4, 0.5) is 0 Å². The van der Waals surface area contributed by atoms with Gasteiger partial charge in [0.15, 0.2) is 0 Å². The van der Waals surface area contributed by atoms with E-state index < -0.39 is 21.8 Å². The van der Waals surface area contributed by atoms with Crippen LogP contribution in [-0.2, 0) is 14.8 Å². The van der Waals surface area contributed by atoms with Crippen molar-refractivity contribution in [3.05, 3.63) is 36.0 Å². The van der Waals surface area contributed by atoms with Crippen LogP contribution in [0.2, 0.25) is 0 Å². The first kappa shape index (κ1) is 15.9. The molecule has 23 heavy (non-hydrogen) atoms. The zero-order valence-corrected chi connectivity index (χ0v) is 13.7. The molecule has 1 amide bonds. The number of aromatic nitrogens is 1. The highest BCUT2D eigenvalue weighted by Crippen LogP contribution is 2.30. The van der Waals surface area contributed by atoms with Gasteiger partial charge in [0.05, 0.1) is 11.4 Å². The largest absolute Gasteiger partial charge is 0.369 e. The van der Waals surface area contributed by atoms with Gasteiger partial charge in [0.25, 0.3) is 0 Å². The van der Waals surface area contributed by atoms with Crippen molar-refractivity contribution in [1.82, 2.24) is 9.29 Å². The molecule has 2 N–H and O–H groups in total. The highest BCUT2D eigenvalue weighted by Gasteiger charge is 2.34. The number of amides is 1. The van der Waals surface area contributed by atoms with Crippen molar-refractivity contribution in [3.8, 4) is 0 Å². The maximum Gasteiger partial charge on any atom is 0.245 e. The summed E-state index contributed by atoms with van der Waals surface area (Å²) in [6.45, 7) is 2.30. The van der Waals surface area contributed by atoms with Crippen molar-refractivity contribution < 1.29 is 13.2 Å². The van der Waals surface area contributed by atoms with E-state index in [0.29, 0.717) is 30.5 Å². The molecular formula is C16H19N3O3S. The number of carbonyl (C=O) groups excluding carboxylic acids is 1. The second kappa shape index (κ2) is 5.90. The van der Waals surface area contributed by atoms with Gasteiger partial charge in [0.1, 0.15) is 4.90 Å². The van der Waals surface area contributed by atoms with Crippen LogP contribution in [0.3, 0.4) is 0 Å². The Balaban J connectivity index is 2.10. The Morgan fingerprint density at radius 1 is 1.35 bits per heavy atom. The molecule has 1 aromatic carbocycles. The number of nitrogens with two attached hydrogens (primary N) is 1. The summed E-state index contributed by atoms with van der Waals surface area (Å²) in [5.74, 6) is -0.876. The van der Waals surface area contributed by atoms with E-state index >= 15 is 0 Å². The number of rotatable bonds is 3. The van der Waals surface area contributed by atoms with Crippen molar-refractivity contribution in [2.24, 2.45) is 11.7 Å². The first-order valence-electron chi connectivity index (χ1n) is 7.55. The topological polar surface area (TPSA) is 93.4 Å². The van der Waals surface area contributed by atoms with Gasteiger partial charge in [0.2, 0.25) is 15.9 Å². The predicted octanol–water partition coefficient (Wildman–Crippen LogP) is 1.43. The molecule has 1 aliphatic rings. The van der Waals surface area contributed by atoms with Crippen LogP contribution >= 0.6 is 0 Å². The average Bonchev–Trinajstić information content (AvgIpc) is 2.54. The van der Waals surface area contributed by atoms with Gasteiger partial charge in [-0.05, 0) is 31.4 Å². The van der Waals surface area contributed by atoms with Gasteiger partial charge in [-0.15, -0.1) is 0 Å². The molecule has 0 bridgehead atoms. The summed E-state index contributed by atoms with van der Waals surface area (Å²) in [5.41, 5.74) is 6.48. The Morgan fingerprint density at radius 3 is 2.87 bits per heavy atom. The standard InChI is InChI=1S/C16H19N3O3S/c1-11-6-7-12-4-2-8-18-14(12)15(11)23(21,22)19-9-3-5-13(10-19)16(17)20/h2,4,6-8,13H,3,5,9-10H2,1H3,(H2,17,20). The number of benzene rings is 1. The summed E-state index contributed by atoms with van der Waals surface area (Å²) in [5, 5.41) is 0.778. The Bertz CT molecular complexity index is 864. The van der Waals surface area contributed by atoms with Gasteiger partial charge in [-0.3, -0.25) is 9.78 Å². The minimum Gasteiger partial charge on any atom is -0.369 e. The molecule has 0 aliphatic carbocycles. The molecule has 2 heterocycles. The van der Waals surface area contributed by atoms with Gasteiger partial charge in [0, 0.05) is 24.7 Å².